The van der Waals surface area contributed by atoms with Crippen LogP contribution >= 0.6 is 22.9 Å². The van der Waals surface area contributed by atoms with Crippen LogP contribution in [0, 0.1) is 5.82 Å². The zero-order chi connectivity index (χ0) is 11.7. The first-order chi connectivity index (χ1) is 7.59. The van der Waals surface area contributed by atoms with Gasteiger partial charge in [-0.25, -0.2) is 9.37 Å². The lowest BCUT2D eigenvalue weighted by molar-refractivity contribution is 0.100. The summed E-state index contributed by atoms with van der Waals surface area (Å²) in [6.45, 7) is 0. The van der Waals surface area contributed by atoms with E-state index in [1.807, 2.05) is 0 Å². The standard InChI is InChI=1S/C10H6ClFN2OS/c11-6-3-5(1-2-7(6)12)8-9(10(13)15)16-4-14-8/h1-4H,(H2,13,15). The van der Waals surface area contributed by atoms with Gasteiger partial charge in [-0.15, -0.1) is 11.3 Å². The highest BCUT2D eigenvalue weighted by Crippen LogP contribution is 2.28. The Morgan fingerprint density at radius 2 is 2.25 bits per heavy atom. The second-order valence-corrected chi connectivity index (χ2v) is 4.29. The Balaban J connectivity index is 2.54. The summed E-state index contributed by atoms with van der Waals surface area (Å²) >= 11 is 6.79. The fourth-order valence-electron chi connectivity index (χ4n) is 1.27. The molecule has 82 valence electrons. The molecule has 2 N–H and O–H groups in total. The van der Waals surface area contributed by atoms with Crippen molar-refractivity contribution in [1.82, 2.24) is 4.98 Å². The maximum absolute atomic E-state index is 13.0. The van der Waals surface area contributed by atoms with Gasteiger partial charge in [-0.1, -0.05) is 11.6 Å². The van der Waals surface area contributed by atoms with Gasteiger partial charge in [-0.2, -0.15) is 0 Å². The van der Waals surface area contributed by atoms with Crippen LogP contribution in [0.15, 0.2) is 23.7 Å². The lowest BCUT2D eigenvalue weighted by Gasteiger charge is -2.01. The van der Waals surface area contributed by atoms with E-state index in [-0.39, 0.29) is 5.02 Å². The monoisotopic (exact) mass is 256 g/mol. The van der Waals surface area contributed by atoms with E-state index < -0.39 is 11.7 Å². The highest BCUT2D eigenvalue weighted by atomic mass is 35.5. The van der Waals surface area contributed by atoms with Crippen LogP contribution in [0.1, 0.15) is 9.67 Å². The molecule has 0 radical (unpaired) electrons. The first-order valence-corrected chi connectivity index (χ1v) is 5.54. The molecule has 0 aliphatic heterocycles. The number of hydrogen-bond acceptors (Lipinski definition) is 3. The smallest absolute Gasteiger partial charge is 0.261 e. The topological polar surface area (TPSA) is 56.0 Å². The molecular weight excluding hydrogens is 251 g/mol. The van der Waals surface area contributed by atoms with Crippen molar-refractivity contribution in [2.45, 2.75) is 0 Å². The Labute approximate surface area is 99.7 Å². The number of hydrogen-bond donors (Lipinski definition) is 1. The molecule has 1 aromatic carbocycles. The van der Waals surface area contributed by atoms with Crippen LogP contribution in [0.4, 0.5) is 4.39 Å². The van der Waals surface area contributed by atoms with Crippen LogP contribution < -0.4 is 5.73 Å². The van der Waals surface area contributed by atoms with Gasteiger partial charge in [0.2, 0.25) is 0 Å². The summed E-state index contributed by atoms with van der Waals surface area (Å²) in [5.41, 5.74) is 7.70. The van der Waals surface area contributed by atoms with Crippen LogP contribution in [-0.4, -0.2) is 10.9 Å². The summed E-state index contributed by atoms with van der Waals surface area (Å²) in [7, 11) is 0. The molecule has 2 rings (SSSR count). The SMILES string of the molecule is NC(=O)c1scnc1-c1ccc(F)c(Cl)c1. The zero-order valence-electron chi connectivity index (χ0n) is 7.91. The summed E-state index contributed by atoms with van der Waals surface area (Å²) in [5, 5.41) is -0.0130. The third-order valence-corrected chi connectivity index (χ3v) is 3.11. The van der Waals surface area contributed by atoms with Gasteiger partial charge >= 0.3 is 0 Å². The molecule has 1 heterocycles. The Morgan fingerprint density at radius 1 is 1.50 bits per heavy atom. The molecule has 1 amide bonds. The van der Waals surface area contributed by atoms with Gasteiger partial charge in [0.25, 0.3) is 5.91 Å². The van der Waals surface area contributed by atoms with Gasteiger partial charge in [0.15, 0.2) is 0 Å². The number of nitrogens with two attached hydrogens (primary N) is 1. The summed E-state index contributed by atoms with van der Waals surface area (Å²) in [5.74, 6) is -1.07. The number of rotatable bonds is 2. The summed E-state index contributed by atoms with van der Waals surface area (Å²) in [6.07, 6.45) is 0. The Bertz CT molecular complexity index is 556. The van der Waals surface area contributed by atoms with Crippen molar-refractivity contribution in [3.63, 3.8) is 0 Å². The number of carbonyl (C=O) groups is 1. The number of primary amides is 1. The van der Waals surface area contributed by atoms with Gasteiger partial charge in [-0.05, 0) is 18.2 Å². The van der Waals surface area contributed by atoms with Crippen LogP contribution in [0.3, 0.4) is 0 Å². The molecule has 0 atom stereocenters. The van der Waals surface area contributed by atoms with Crippen LogP contribution in [0.5, 0.6) is 0 Å². The molecule has 2 aromatic rings. The minimum absolute atomic E-state index is 0.0130. The first-order valence-electron chi connectivity index (χ1n) is 4.28. The summed E-state index contributed by atoms with van der Waals surface area (Å²) < 4.78 is 13.0. The lowest BCUT2D eigenvalue weighted by Crippen LogP contribution is -2.10. The van der Waals surface area contributed by atoms with Crippen molar-refractivity contribution >= 4 is 28.8 Å². The van der Waals surface area contributed by atoms with Gasteiger partial charge in [0, 0.05) is 5.56 Å². The maximum atomic E-state index is 13.0. The normalized spacial score (nSPS) is 10.4. The number of benzene rings is 1. The fraction of sp³-hybridized carbons (Fsp3) is 0. The quantitative estimate of drug-likeness (QED) is 0.898. The van der Waals surface area contributed by atoms with Crippen molar-refractivity contribution in [3.8, 4) is 11.3 Å². The van der Waals surface area contributed by atoms with Crippen LogP contribution in [-0.2, 0) is 0 Å². The number of nitrogens with zero attached hydrogens (tertiary/aromatic N) is 1. The van der Waals surface area contributed by atoms with E-state index in [0.717, 1.165) is 11.3 Å². The molecule has 1 aromatic heterocycles. The molecule has 0 saturated heterocycles. The summed E-state index contributed by atoms with van der Waals surface area (Å²) in [4.78, 5) is 15.4. The third kappa shape index (κ3) is 1.91. The molecule has 0 aliphatic rings. The molecule has 16 heavy (non-hydrogen) atoms. The molecule has 0 aliphatic carbocycles. The van der Waals surface area contributed by atoms with E-state index in [1.165, 1.54) is 23.7 Å². The Hall–Kier alpha value is -1.46. The number of amides is 1. The van der Waals surface area contributed by atoms with Crippen molar-refractivity contribution in [3.05, 3.63) is 39.4 Å². The van der Waals surface area contributed by atoms with Crippen molar-refractivity contribution in [2.75, 3.05) is 0 Å². The van der Waals surface area contributed by atoms with Gasteiger partial charge < -0.3 is 5.73 Å². The third-order valence-electron chi connectivity index (χ3n) is 1.98. The number of aromatic nitrogens is 1. The van der Waals surface area contributed by atoms with Crippen LogP contribution in [0.25, 0.3) is 11.3 Å². The lowest BCUT2D eigenvalue weighted by atomic mass is 10.1. The largest absolute Gasteiger partial charge is 0.365 e. The van der Waals surface area contributed by atoms with E-state index in [2.05, 4.69) is 4.98 Å². The Morgan fingerprint density at radius 3 is 2.88 bits per heavy atom. The highest BCUT2D eigenvalue weighted by Gasteiger charge is 2.14. The van der Waals surface area contributed by atoms with E-state index in [0.29, 0.717) is 16.1 Å². The number of halogens is 2. The molecule has 0 saturated carbocycles. The van der Waals surface area contributed by atoms with E-state index in [1.54, 1.807) is 0 Å². The minimum Gasteiger partial charge on any atom is -0.365 e. The second-order valence-electron chi connectivity index (χ2n) is 3.02. The molecule has 3 nitrogen and oxygen atoms in total. The average Bonchev–Trinajstić information content (AvgIpc) is 2.71. The summed E-state index contributed by atoms with van der Waals surface area (Å²) in [6, 6.07) is 4.14. The van der Waals surface area contributed by atoms with Gasteiger partial charge in [0.05, 0.1) is 16.2 Å². The molecule has 0 spiro atoms. The minimum atomic E-state index is -0.557. The maximum Gasteiger partial charge on any atom is 0.261 e. The molecule has 0 unspecified atom stereocenters. The first kappa shape index (κ1) is 11.0. The van der Waals surface area contributed by atoms with Crippen molar-refractivity contribution in [2.24, 2.45) is 5.73 Å². The van der Waals surface area contributed by atoms with Crippen molar-refractivity contribution in [1.29, 1.82) is 0 Å². The van der Waals surface area contributed by atoms with Crippen molar-refractivity contribution < 1.29 is 9.18 Å². The van der Waals surface area contributed by atoms with Crippen LogP contribution in [0.2, 0.25) is 5.02 Å². The highest BCUT2D eigenvalue weighted by molar-refractivity contribution is 7.12. The molecular formula is C10H6ClFN2OS. The average molecular weight is 257 g/mol. The van der Waals surface area contributed by atoms with E-state index >= 15 is 0 Å². The number of thiazole rings is 1. The van der Waals surface area contributed by atoms with Gasteiger partial charge in [-0.3, -0.25) is 4.79 Å². The molecule has 0 fully saturated rings. The predicted molar refractivity (Wildman–Crippen MR) is 61.0 cm³/mol. The second kappa shape index (κ2) is 4.19. The fourth-order valence-corrected chi connectivity index (χ4v) is 2.11. The molecule has 0 bridgehead atoms. The van der Waals surface area contributed by atoms with E-state index in [9.17, 15) is 9.18 Å². The predicted octanol–water partition coefficient (Wildman–Crippen LogP) is 2.70. The van der Waals surface area contributed by atoms with Gasteiger partial charge in [0.1, 0.15) is 10.7 Å². The zero-order valence-corrected chi connectivity index (χ0v) is 9.48. The van der Waals surface area contributed by atoms with E-state index in [4.69, 9.17) is 17.3 Å². The number of carbonyl (C=O) groups excluding carboxylic acids is 1. The Kier molecular flexibility index (Phi) is 2.89. The molecule has 6 heteroatoms.